The van der Waals surface area contributed by atoms with Crippen LogP contribution in [0.1, 0.15) is 20.8 Å². The topological polar surface area (TPSA) is 57.6 Å². The van der Waals surface area contributed by atoms with Gasteiger partial charge in [0.15, 0.2) is 9.84 Å². The molecule has 0 aliphatic rings. The van der Waals surface area contributed by atoms with Gasteiger partial charge in [0.1, 0.15) is 0 Å². The molecule has 0 bridgehead atoms. The second-order valence-electron chi connectivity index (χ2n) is 5.07. The standard InChI is InChI=1S/C13H21NO3S/c1-5-14(10-13(2,3)15)11-8-6-7-9-12(11)18(4,16)17/h6-9,15H,5,10H2,1-4H3. The second-order valence-corrected chi connectivity index (χ2v) is 7.05. The van der Waals surface area contributed by atoms with Gasteiger partial charge in [-0.05, 0) is 32.9 Å². The lowest BCUT2D eigenvalue weighted by molar-refractivity contribution is 0.0875. The average Bonchev–Trinajstić information content (AvgIpc) is 2.23. The quantitative estimate of drug-likeness (QED) is 0.885. The molecule has 1 aromatic rings. The number of para-hydroxylation sites is 1. The summed E-state index contributed by atoms with van der Waals surface area (Å²) in [4.78, 5) is 2.17. The molecule has 4 nitrogen and oxygen atoms in total. The molecule has 0 radical (unpaired) electrons. The predicted octanol–water partition coefficient (Wildman–Crippen LogP) is 1.69. The number of nitrogens with zero attached hydrogens (tertiary/aromatic N) is 1. The molecule has 0 aliphatic carbocycles. The van der Waals surface area contributed by atoms with Crippen molar-refractivity contribution in [2.24, 2.45) is 0 Å². The number of anilines is 1. The molecule has 18 heavy (non-hydrogen) atoms. The number of likely N-dealkylation sites (N-methyl/N-ethyl adjacent to an activating group) is 1. The third-order valence-electron chi connectivity index (χ3n) is 2.56. The average molecular weight is 271 g/mol. The number of aliphatic hydroxyl groups is 1. The Balaban J connectivity index is 3.23. The van der Waals surface area contributed by atoms with E-state index in [1.54, 1.807) is 38.1 Å². The highest BCUT2D eigenvalue weighted by Crippen LogP contribution is 2.26. The minimum Gasteiger partial charge on any atom is -0.389 e. The van der Waals surface area contributed by atoms with Crippen molar-refractivity contribution >= 4 is 15.5 Å². The lowest BCUT2D eigenvalue weighted by Crippen LogP contribution is -2.39. The summed E-state index contributed by atoms with van der Waals surface area (Å²) in [6, 6.07) is 6.87. The van der Waals surface area contributed by atoms with Gasteiger partial charge in [-0.15, -0.1) is 0 Å². The first-order valence-corrected chi connectivity index (χ1v) is 7.80. The third-order valence-corrected chi connectivity index (χ3v) is 3.71. The molecule has 1 aromatic carbocycles. The largest absolute Gasteiger partial charge is 0.389 e. The minimum atomic E-state index is -3.27. The fraction of sp³-hybridized carbons (Fsp3) is 0.538. The highest BCUT2D eigenvalue weighted by Gasteiger charge is 2.22. The Bertz CT molecular complexity index is 503. The van der Waals surface area contributed by atoms with Gasteiger partial charge in [0.05, 0.1) is 16.2 Å². The lowest BCUT2D eigenvalue weighted by atomic mass is 10.1. The Hall–Kier alpha value is -1.07. The highest BCUT2D eigenvalue weighted by atomic mass is 32.2. The van der Waals surface area contributed by atoms with Gasteiger partial charge in [-0.25, -0.2) is 8.42 Å². The van der Waals surface area contributed by atoms with Crippen LogP contribution < -0.4 is 4.90 Å². The number of benzene rings is 1. The van der Waals surface area contributed by atoms with E-state index in [9.17, 15) is 13.5 Å². The van der Waals surface area contributed by atoms with Crippen LogP contribution in [0.2, 0.25) is 0 Å². The Labute approximate surface area is 109 Å². The first kappa shape index (κ1) is 15.0. The zero-order chi connectivity index (χ0) is 14.0. The lowest BCUT2D eigenvalue weighted by Gasteiger charge is -2.31. The highest BCUT2D eigenvalue weighted by molar-refractivity contribution is 7.90. The molecule has 0 saturated carbocycles. The van der Waals surface area contributed by atoms with Crippen molar-refractivity contribution in [3.63, 3.8) is 0 Å². The van der Waals surface area contributed by atoms with Gasteiger partial charge in [-0.2, -0.15) is 0 Å². The van der Waals surface area contributed by atoms with E-state index in [0.717, 1.165) is 0 Å². The van der Waals surface area contributed by atoms with Crippen molar-refractivity contribution in [3.05, 3.63) is 24.3 Å². The normalized spacial score (nSPS) is 12.5. The van der Waals surface area contributed by atoms with Crippen molar-refractivity contribution in [1.82, 2.24) is 0 Å². The second kappa shape index (κ2) is 5.28. The van der Waals surface area contributed by atoms with Gasteiger partial charge in [-0.3, -0.25) is 0 Å². The van der Waals surface area contributed by atoms with Gasteiger partial charge < -0.3 is 10.0 Å². The van der Waals surface area contributed by atoms with Gasteiger partial charge in [0, 0.05) is 19.3 Å². The summed E-state index contributed by atoms with van der Waals surface area (Å²) in [7, 11) is -3.27. The molecule has 0 heterocycles. The maximum Gasteiger partial charge on any atom is 0.177 e. The Morgan fingerprint density at radius 3 is 2.28 bits per heavy atom. The van der Waals surface area contributed by atoms with E-state index in [-0.39, 0.29) is 0 Å². The van der Waals surface area contributed by atoms with Crippen LogP contribution in [-0.2, 0) is 9.84 Å². The molecule has 5 heteroatoms. The van der Waals surface area contributed by atoms with Crippen LogP contribution in [0.4, 0.5) is 5.69 Å². The van der Waals surface area contributed by atoms with Crippen LogP contribution in [0.15, 0.2) is 29.2 Å². The van der Waals surface area contributed by atoms with Gasteiger partial charge in [0.2, 0.25) is 0 Å². The third kappa shape index (κ3) is 3.99. The maximum atomic E-state index is 11.8. The minimum absolute atomic E-state index is 0.302. The zero-order valence-electron chi connectivity index (χ0n) is 11.3. The maximum absolute atomic E-state index is 11.8. The molecular formula is C13H21NO3S. The molecule has 102 valence electrons. The van der Waals surface area contributed by atoms with Crippen LogP contribution in [-0.4, -0.2) is 38.5 Å². The number of rotatable bonds is 5. The van der Waals surface area contributed by atoms with E-state index in [0.29, 0.717) is 23.7 Å². The van der Waals surface area contributed by atoms with Crippen molar-refractivity contribution in [2.75, 3.05) is 24.2 Å². The first-order valence-electron chi connectivity index (χ1n) is 5.91. The molecule has 1 N–H and O–H groups in total. The molecule has 1 rings (SSSR count). The van der Waals surface area contributed by atoms with Gasteiger partial charge in [0.25, 0.3) is 0 Å². The molecule has 0 unspecified atom stereocenters. The van der Waals surface area contributed by atoms with Gasteiger partial charge >= 0.3 is 0 Å². The van der Waals surface area contributed by atoms with E-state index in [1.807, 2.05) is 11.8 Å². The summed E-state index contributed by atoms with van der Waals surface area (Å²) in [6.07, 6.45) is 1.20. The summed E-state index contributed by atoms with van der Waals surface area (Å²) >= 11 is 0. The predicted molar refractivity (Wildman–Crippen MR) is 73.7 cm³/mol. The Morgan fingerprint density at radius 2 is 1.83 bits per heavy atom. The first-order chi connectivity index (χ1) is 8.15. The summed E-state index contributed by atoms with van der Waals surface area (Å²) in [5.41, 5.74) is -0.231. The van der Waals surface area contributed by atoms with E-state index in [1.165, 1.54) is 6.26 Å². The molecule has 0 atom stereocenters. The van der Waals surface area contributed by atoms with Gasteiger partial charge in [-0.1, -0.05) is 12.1 Å². The number of hydrogen-bond donors (Lipinski definition) is 1. The Kier molecular flexibility index (Phi) is 4.40. The Morgan fingerprint density at radius 1 is 1.28 bits per heavy atom. The van der Waals surface area contributed by atoms with Crippen LogP contribution >= 0.6 is 0 Å². The monoisotopic (exact) mass is 271 g/mol. The van der Waals surface area contributed by atoms with E-state index in [4.69, 9.17) is 0 Å². The molecule has 0 spiro atoms. The summed E-state index contributed by atoms with van der Waals surface area (Å²) in [5.74, 6) is 0. The molecule has 0 fully saturated rings. The smallest absolute Gasteiger partial charge is 0.177 e. The van der Waals surface area contributed by atoms with Crippen LogP contribution in [0.3, 0.4) is 0 Å². The molecule has 0 aromatic heterocycles. The number of sulfone groups is 1. The van der Waals surface area contributed by atoms with Crippen molar-refractivity contribution < 1.29 is 13.5 Å². The zero-order valence-corrected chi connectivity index (χ0v) is 12.2. The molecule has 0 aliphatic heterocycles. The summed E-state index contributed by atoms with van der Waals surface area (Å²) < 4.78 is 23.5. The number of hydrogen-bond acceptors (Lipinski definition) is 4. The van der Waals surface area contributed by atoms with Crippen LogP contribution in [0.5, 0.6) is 0 Å². The van der Waals surface area contributed by atoms with Crippen LogP contribution in [0, 0.1) is 0 Å². The molecular weight excluding hydrogens is 250 g/mol. The van der Waals surface area contributed by atoms with E-state index >= 15 is 0 Å². The molecule has 0 saturated heterocycles. The van der Waals surface area contributed by atoms with Crippen molar-refractivity contribution in [1.29, 1.82) is 0 Å². The van der Waals surface area contributed by atoms with Crippen molar-refractivity contribution in [2.45, 2.75) is 31.3 Å². The van der Waals surface area contributed by atoms with Crippen molar-refractivity contribution in [3.8, 4) is 0 Å². The fourth-order valence-electron chi connectivity index (χ4n) is 1.87. The molecule has 0 amide bonds. The fourth-order valence-corrected chi connectivity index (χ4v) is 2.77. The van der Waals surface area contributed by atoms with Crippen LogP contribution in [0.25, 0.3) is 0 Å². The summed E-state index contributed by atoms with van der Waals surface area (Å²) in [6.45, 7) is 6.37. The van der Waals surface area contributed by atoms with E-state index in [2.05, 4.69) is 0 Å². The van der Waals surface area contributed by atoms with E-state index < -0.39 is 15.4 Å². The SMILES string of the molecule is CCN(CC(C)(C)O)c1ccccc1S(C)(=O)=O. The summed E-state index contributed by atoms with van der Waals surface area (Å²) in [5, 5.41) is 9.88.